The minimum absolute atomic E-state index is 0.349. The average Bonchev–Trinajstić information content (AvgIpc) is 2.40. The third-order valence-corrected chi connectivity index (χ3v) is 5.52. The highest BCUT2D eigenvalue weighted by Gasteiger charge is 2.33. The summed E-state index contributed by atoms with van der Waals surface area (Å²) in [6, 6.07) is 5.53. The number of rotatable bonds is 5. The van der Waals surface area contributed by atoms with Crippen LogP contribution in [0.2, 0.25) is 0 Å². The third-order valence-electron chi connectivity index (χ3n) is 3.74. The molecule has 1 aromatic carbocycles. The zero-order valence-electron chi connectivity index (χ0n) is 12.9. The molecule has 0 amide bonds. The first-order valence-electron chi connectivity index (χ1n) is 7.22. The van der Waals surface area contributed by atoms with Gasteiger partial charge in [0.15, 0.2) is 0 Å². The molecule has 0 saturated carbocycles. The van der Waals surface area contributed by atoms with E-state index in [-0.39, 0.29) is 0 Å². The molecule has 0 spiro atoms. The smallest absolute Gasteiger partial charge is 0.241 e. The summed E-state index contributed by atoms with van der Waals surface area (Å²) in [5.74, 6) is 0. The lowest BCUT2D eigenvalue weighted by atomic mass is 9.97. The van der Waals surface area contributed by atoms with E-state index in [2.05, 4.69) is 10.0 Å². The molecule has 21 heavy (non-hydrogen) atoms. The lowest BCUT2D eigenvalue weighted by Gasteiger charge is -2.34. The molecule has 0 radical (unpaired) electrons. The van der Waals surface area contributed by atoms with Crippen molar-refractivity contribution in [3.63, 3.8) is 0 Å². The second-order valence-corrected chi connectivity index (χ2v) is 7.60. The zero-order chi connectivity index (χ0) is 15.5. The first-order chi connectivity index (χ1) is 9.86. The van der Waals surface area contributed by atoms with E-state index >= 15 is 0 Å². The molecule has 1 unspecified atom stereocenters. The van der Waals surface area contributed by atoms with E-state index in [0.717, 1.165) is 24.0 Å². The van der Waals surface area contributed by atoms with Crippen LogP contribution < -0.4 is 10.0 Å². The molecular formula is C15H24N2O3S. The molecular weight excluding hydrogens is 288 g/mol. The molecule has 0 aromatic heterocycles. The number of hydrogen-bond donors (Lipinski definition) is 2. The van der Waals surface area contributed by atoms with E-state index in [1.807, 2.05) is 33.0 Å². The highest BCUT2D eigenvalue weighted by Crippen LogP contribution is 2.24. The number of aryl methyl sites for hydroxylation is 1. The largest absolute Gasteiger partial charge is 0.380 e. The normalized spacial score (nSPS) is 23.2. The van der Waals surface area contributed by atoms with Crippen molar-refractivity contribution in [2.75, 3.05) is 20.3 Å². The van der Waals surface area contributed by atoms with Crippen LogP contribution in [0.3, 0.4) is 0 Å². The summed E-state index contributed by atoms with van der Waals surface area (Å²) < 4.78 is 33.6. The Morgan fingerprint density at radius 1 is 1.38 bits per heavy atom. The minimum atomic E-state index is -3.55. The standard InChI is InChI=1S/C15H24N2O3S/c1-12-5-6-13(10-16-3)9-14(12)21(18,19)17-15(2)7-4-8-20-11-15/h5-6,9,16-17H,4,7-8,10-11H2,1-3H3. The summed E-state index contributed by atoms with van der Waals surface area (Å²) in [6.07, 6.45) is 1.67. The minimum Gasteiger partial charge on any atom is -0.380 e. The molecule has 5 nitrogen and oxygen atoms in total. The molecule has 2 N–H and O–H groups in total. The van der Waals surface area contributed by atoms with E-state index in [9.17, 15) is 8.42 Å². The Morgan fingerprint density at radius 3 is 2.76 bits per heavy atom. The van der Waals surface area contributed by atoms with Crippen molar-refractivity contribution in [3.05, 3.63) is 29.3 Å². The Labute approximate surface area is 127 Å². The molecule has 1 saturated heterocycles. The van der Waals surface area contributed by atoms with Crippen LogP contribution in [-0.4, -0.2) is 34.2 Å². The van der Waals surface area contributed by atoms with Gasteiger partial charge in [-0.2, -0.15) is 0 Å². The Hall–Kier alpha value is -0.950. The quantitative estimate of drug-likeness (QED) is 0.866. The van der Waals surface area contributed by atoms with Crippen molar-refractivity contribution in [2.24, 2.45) is 0 Å². The van der Waals surface area contributed by atoms with Crippen molar-refractivity contribution in [1.29, 1.82) is 0 Å². The molecule has 0 bridgehead atoms. The van der Waals surface area contributed by atoms with Crippen LogP contribution in [0.5, 0.6) is 0 Å². The summed E-state index contributed by atoms with van der Waals surface area (Å²) in [7, 11) is -1.71. The third kappa shape index (κ3) is 4.03. The summed E-state index contributed by atoms with van der Waals surface area (Å²) in [6.45, 7) is 5.48. The summed E-state index contributed by atoms with van der Waals surface area (Å²) >= 11 is 0. The highest BCUT2D eigenvalue weighted by atomic mass is 32.2. The highest BCUT2D eigenvalue weighted by molar-refractivity contribution is 7.89. The van der Waals surface area contributed by atoms with Crippen molar-refractivity contribution >= 4 is 10.0 Å². The van der Waals surface area contributed by atoms with Gasteiger partial charge in [0.25, 0.3) is 0 Å². The van der Waals surface area contributed by atoms with Crippen LogP contribution in [0.4, 0.5) is 0 Å². The molecule has 1 aliphatic heterocycles. The monoisotopic (exact) mass is 312 g/mol. The van der Waals surface area contributed by atoms with Crippen LogP contribution >= 0.6 is 0 Å². The number of nitrogens with one attached hydrogen (secondary N) is 2. The average molecular weight is 312 g/mol. The van der Waals surface area contributed by atoms with Crippen molar-refractivity contribution < 1.29 is 13.2 Å². The van der Waals surface area contributed by atoms with Crippen molar-refractivity contribution in [1.82, 2.24) is 10.0 Å². The van der Waals surface area contributed by atoms with Gasteiger partial charge in [0, 0.05) is 13.2 Å². The van der Waals surface area contributed by atoms with Gasteiger partial charge in [-0.25, -0.2) is 13.1 Å². The van der Waals surface area contributed by atoms with E-state index in [1.165, 1.54) is 0 Å². The fourth-order valence-corrected chi connectivity index (χ4v) is 4.36. The lowest BCUT2D eigenvalue weighted by molar-refractivity contribution is 0.0386. The first-order valence-corrected chi connectivity index (χ1v) is 8.70. The van der Waals surface area contributed by atoms with Crippen LogP contribution in [0.25, 0.3) is 0 Å². The number of sulfonamides is 1. The Bertz CT molecular complexity index is 593. The lowest BCUT2D eigenvalue weighted by Crippen LogP contribution is -2.51. The zero-order valence-corrected chi connectivity index (χ0v) is 13.7. The molecule has 1 fully saturated rings. The SMILES string of the molecule is CNCc1ccc(C)c(S(=O)(=O)NC2(C)CCCOC2)c1. The molecule has 1 aliphatic rings. The van der Waals surface area contributed by atoms with Crippen LogP contribution in [0.1, 0.15) is 30.9 Å². The van der Waals surface area contributed by atoms with Gasteiger partial charge < -0.3 is 10.1 Å². The Morgan fingerprint density at radius 2 is 2.14 bits per heavy atom. The maximum absolute atomic E-state index is 12.7. The number of ether oxygens (including phenoxy) is 1. The maximum atomic E-state index is 12.7. The summed E-state index contributed by atoms with van der Waals surface area (Å²) in [5.41, 5.74) is 1.18. The molecule has 6 heteroatoms. The maximum Gasteiger partial charge on any atom is 0.241 e. The predicted molar refractivity (Wildman–Crippen MR) is 82.7 cm³/mol. The van der Waals surface area contributed by atoms with Gasteiger partial charge in [0.1, 0.15) is 0 Å². The van der Waals surface area contributed by atoms with Crippen LogP contribution in [0.15, 0.2) is 23.1 Å². The Kier molecular flexibility index (Phi) is 5.03. The van der Waals surface area contributed by atoms with Crippen LogP contribution in [-0.2, 0) is 21.3 Å². The van der Waals surface area contributed by atoms with Crippen molar-refractivity contribution in [2.45, 2.75) is 43.7 Å². The molecule has 1 heterocycles. The Balaban J connectivity index is 2.28. The number of hydrogen-bond acceptors (Lipinski definition) is 4. The van der Waals surface area contributed by atoms with Crippen LogP contribution in [0, 0.1) is 6.92 Å². The first kappa shape index (κ1) is 16.4. The van der Waals surface area contributed by atoms with Gasteiger partial charge in [-0.05, 0) is 50.9 Å². The fourth-order valence-electron chi connectivity index (χ4n) is 2.64. The van der Waals surface area contributed by atoms with Gasteiger partial charge in [-0.3, -0.25) is 0 Å². The predicted octanol–water partition coefficient (Wildman–Crippen LogP) is 1.56. The second kappa shape index (κ2) is 6.44. The van der Waals surface area contributed by atoms with E-state index in [4.69, 9.17) is 4.74 Å². The van der Waals surface area contributed by atoms with Gasteiger partial charge in [-0.1, -0.05) is 12.1 Å². The van der Waals surface area contributed by atoms with Gasteiger partial charge >= 0.3 is 0 Å². The summed E-state index contributed by atoms with van der Waals surface area (Å²) in [5, 5.41) is 3.04. The van der Waals surface area contributed by atoms with E-state index in [1.54, 1.807) is 6.07 Å². The van der Waals surface area contributed by atoms with Gasteiger partial charge in [0.05, 0.1) is 17.0 Å². The molecule has 1 aromatic rings. The second-order valence-electron chi connectivity index (χ2n) is 5.95. The summed E-state index contributed by atoms with van der Waals surface area (Å²) in [4.78, 5) is 0.349. The van der Waals surface area contributed by atoms with Gasteiger partial charge in [-0.15, -0.1) is 0 Å². The number of benzene rings is 1. The van der Waals surface area contributed by atoms with Gasteiger partial charge in [0.2, 0.25) is 10.0 Å². The van der Waals surface area contributed by atoms with Crippen molar-refractivity contribution in [3.8, 4) is 0 Å². The molecule has 0 aliphatic carbocycles. The molecule has 118 valence electrons. The molecule has 2 rings (SSSR count). The fraction of sp³-hybridized carbons (Fsp3) is 0.600. The molecule has 1 atom stereocenters. The topological polar surface area (TPSA) is 67.4 Å². The van der Waals surface area contributed by atoms with E-state index in [0.29, 0.717) is 24.7 Å². The van der Waals surface area contributed by atoms with E-state index < -0.39 is 15.6 Å².